The van der Waals surface area contributed by atoms with Gasteiger partial charge in [0.05, 0.1) is 11.0 Å². The second-order valence-corrected chi connectivity index (χ2v) is 4.90. The fourth-order valence-corrected chi connectivity index (χ4v) is 2.31. The quantitative estimate of drug-likeness (QED) is 0.734. The molecule has 1 rings (SSSR count). The van der Waals surface area contributed by atoms with Crippen molar-refractivity contribution in [2.45, 2.75) is 11.8 Å². The molecule has 0 heterocycles. The normalized spacial score (nSPS) is 10.9. The standard InChI is InChI=1S/C9H10N2O2S/c1-7-2-3-8(11)6-9(7)14(12,13)5-4-10/h2-3,6H,5,11H2,1H3. The molecule has 1 aromatic rings. The Balaban J connectivity index is 3.33. The van der Waals surface area contributed by atoms with Crippen LogP contribution in [0, 0.1) is 18.3 Å². The second-order valence-electron chi connectivity index (χ2n) is 2.94. The van der Waals surface area contributed by atoms with E-state index < -0.39 is 15.6 Å². The number of benzene rings is 1. The van der Waals surface area contributed by atoms with Crippen LogP contribution < -0.4 is 5.73 Å². The van der Waals surface area contributed by atoms with Crippen LogP contribution in [0.2, 0.25) is 0 Å². The Hall–Kier alpha value is -1.54. The topological polar surface area (TPSA) is 84.0 Å². The lowest BCUT2D eigenvalue weighted by Gasteiger charge is -2.05. The van der Waals surface area contributed by atoms with E-state index in [0.717, 1.165) is 0 Å². The van der Waals surface area contributed by atoms with Crippen LogP contribution in [0.1, 0.15) is 5.56 Å². The van der Waals surface area contributed by atoms with E-state index in [1.807, 2.05) is 0 Å². The zero-order valence-corrected chi connectivity index (χ0v) is 8.50. The van der Waals surface area contributed by atoms with Crippen LogP contribution in [-0.4, -0.2) is 14.2 Å². The van der Waals surface area contributed by atoms with Crippen molar-refractivity contribution in [3.63, 3.8) is 0 Å². The number of hydrogen-bond acceptors (Lipinski definition) is 4. The Kier molecular flexibility index (Phi) is 2.77. The number of aryl methyl sites for hydroxylation is 1. The summed E-state index contributed by atoms with van der Waals surface area (Å²) in [5.41, 5.74) is 6.46. The Morgan fingerprint density at radius 2 is 2.14 bits per heavy atom. The number of nitriles is 1. The minimum Gasteiger partial charge on any atom is -0.399 e. The first-order valence-corrected chi connectivity index (χ1v) is 5.58. The number of hydrogen-bond donors (Lipinski definition) is 1. The highest BCUT2D eigenvalue weighted by molar-refractivity contribution is 7.91. The molecule has 0 aliphatic carbocycles. The minimum absolute atomic E-state index is 0.138. The Labute approximate surface area is 82.9 Å². The summed E-state index contributed by atoms with van der Waals surface area (Å²) in [6.07, 6.45) is 0. The number of nitrogens with zero attached hydrogens (tertiary/aromatic N) is 1. The first-order valence-electron chi connectivity index (χ1n) is 3.93. The fourth-order valence-electron chi connectivity index (χ4n) is 1.11. The molecule has 0 spiro atoms. The highest BCUT2D eigenvalue weighted by Gasteiger charge is 2.16. The first kappa shape index (κ1) is 10.5. The monoisotopic (exact) mass is 210 g/mol. The van der Waals surface area contributed by atoms with Crippen LogP contribution in [0.4, 0.5) is 5.69 Å². The van der Waals surface area contributed by atoms with E-state index in [1.165, 1.54) is 6.07 Å². The van der Waals surface area contributed by atoms with Crippen LogP contribution in [0.15, 0.2) is 23.1 Å². The zero-order valence-electron chi connectivity index (χ0n) is 7.69. The van der Waals surface area contributed by atoms with Crippen molar-refractivity contribution in [2.24, 2.45) is 0 Å². The third kappa shape index (κ3) is 2.03. The SMILES string of the molecule is Cc1ccc(N)cc1S(=O)(=O)CC#N. The van der Waals surface area contributed by atoms with Gasteiger partial charge in [0, 0.05) is 5.69 Å². The fraction of sp³-hybridized carbons (Fsp3) is 0.222. The molecular weight excluding hydrogens is 200 g/mol. The lowest BCUT2D eigenvalue weighted by molar-refractivity contribution is 0.599. The van der Waals surface area contributed by atoms with Gasteiger partial charge in [-0.25, -0.2) is 8.42 Å². The average Bonchev–Trinajstić information content (AvgIpc) is 2.09. The molecule has 0 bridgehead atoms. The number of anilines is 1. The van der Waals surface area contributed by atoms with Gasteiger partial charge >= 0.3 is 0 Å². The Bertz CT molecular complexity index is 486. The predicted molar refractivity (Wildman–Crippen MR) is 53.3 cm³/mol. The number of nitrogens with two attached hydrogens (primary N) is 1. The summed E-state index contributed by atoms with van der Waals surface area (Å²) < 4.78 is 23.1. The van der Waals surface area contributed by atoms with Crippen LogP contribution in [-0.2, 0) is 9.84 Å². The average molecular weight is 210 g/mol. The molecule has 0 unspecified atom stereocenters. The molecule has 0 fully saturated rings. The molecule has 74 valence electrons. The molecule has 14 heavy (non-hydrogen) atoms. The van der Waals surface area contributed by atoms with E-state index in [9.17, 15) is 8.42 Å². The van der Waals surface area contributed by atoms with Crippen LogP contribution in [0.25, 0.3) is 0 Å². The molecule has 4 nitrogen and oxygen atoms in total. The second kappa shape index (κ2) is 3.68. The minimum atomic E-state index is -3.50. The van der Waals surface area contributed by atoms with Gasteiger partial charge in [0.25, 0.3) is 0 Å². The van der Waals surface area contributed by atoms with Gasteiger partial charge in [0.1, 0.15) is 5.75 Å². The molecule has 0 aromatic heterocycles. The molecule has 0 amide bonds. The summed E-state index contributed by atoms with van der Waals surface area (Å²) in [4.78, 5) is 0.138. The summed E-state index contributed by atoms with van der Waals surface area (Å²) in [6.45, 7) is 1.67. The predicted octanol–water partition coefficient (Wildman–Crippen LogP) is 0.875. The Morgan fingerprint density at radius 1 is 1.50 bits per heavy atom. The highest BCUT2D eigenvalue weighted by atomic mass is 32.2. The van der Waals surface area contributed by atoms with Gasteiger partial charge in [-0.3, -0.25) is 0 Å². The molecule has 0 radical (unpaired) electrons. The van der Waals surface area contributed by atoms with Gasteiger partial charge < -0.3 is 5.73 Å². The molecule has 0 saturated carbocycles. The summed E-state index contributed by atoms with van der Waals surface area (Å²) in [5, 5.41) is 8.36. The highest BCUT2D eigenvalue weighted by Crippen LogP contribution is 2.19. The van der Waals surface area contributed by atoms with Crippen LogP contribution >= 0.6 is 0 Å². The van der Waals surface area contributed by atoms with Gasteiger partial charge in [-0.05, 0) is 24.6 Å². The van der Waals surface area contributed by atoms with Crippen molar-refractivity contribution in [3.05, 3.63) is 23.8 Å². The molecule has 0 saturated heterocycles. The van der Waals surface area contributed by atoms with E-state index >= 15 is 0 Å². The summed E-state index contributed by atoms with van der Waals surface area (Å²) in [7, 11) is -3.50. The summed E-state index contributed by atoms with van der Waals surface area (Å²) >= 11 is 0. The molecule has 5 heteroatoms. The number of sulfone groups is 1. The van der Waals surface area contributed by atoms with Gasteiger partial charge in [0.15, 0.2) is 9.84 Å². The molecule has 2 N–H and O–H groups in total. The smallest absolute Gasteiger partial charge is 0.192 e. The number of nitrogen functional groups attached to an aromatic ring is 1. The first-order chi connectivity index (χ1) is 6.47. The van der Waals surface area contributed by atoms with E-state index in [4.69, 9.17) is 11.0 Å². The third-order valence-electron chi connectivity index (χ3n) is 1.80. The van der Waals surface area contributed by atoms with Gasteiger partial charge in [-0.2, -0.15) is 5.26 Å². The van der Waals surface area contributed by atoms with Crippen molar-refractivity contribution in [3.8, 4) is 6.07 Å². The number of rotatable bonds is 2. The largest absolute Gasteiger partial charge is 0.399 e. The molecule has 1 aromatic carbocycles. The van der Waals surface area contributed by atoms with Gasteiger partial charge in [-0.1, -0.05) is 6.07 Å². The maximum absolute atomic E-state index is 11.5. The van der Waals surface area contributed by atoms with E-state index in [-0.39, 0.29) is 4.90 Å². The van der Waals surface area contributed by atoms with Crippen LogP contribution in [0.3, 0.4) is 0 Å². The maximum atomic E-state index is 11.5. The molecular formula is C9H10N2O2S. The molecule has 0 aliphatic heterocycles. The van der Waals surface area contributed by atoms with E-state index in [0.29, 0.717) is 11.3 Å². The van der Waals surface area contributed by atoms with Gasteiger partial charge in [0.2, 0.25) is 0 Å². The van der Waals surface area contributed by atoms with E-state index in [2.05, 4.69) is 0 Å². The van der Waals surface area contributed by atoms with Gasteiger partial charge in [-0.15, -0.1) is 0 Å². The zero-order chi connectivity index (χ0) is 10.8. The summed E-state index contributed by atoms with van der Waals surface area (Å²) in [6, 6.07) is 6.25. The summed E-state index contributed by atoms with van der Waals surface area (Å²) in [5.74, 6) is -0.517. The molecule has 0 atom stereocenters. The Morgan fingerprint density at radius 3 is 2.71 bits per heavy atom. The third-order valence-corrected chi connectivity index (χ3v) is 3.42. The lowest BCUT2D eigenvalue weighted by atomic mass is 10.2. The molecule has 0 aliphatic rings. The van der Waals surface area contributed by atoms with Crippen molar-refractivity contribution >= 4 is 15.5 Å². The van der Waals surface area contributed by atoms with Crippen molar-refractivity contribution in [1.29, 1.82) is 5.26 Å². The van der Waals surface area contributed by atoms with E-state index in [1.54, 1.807) is 25.1 Å². The van der Waals surface area contributed by atoms with Crippen molar-refractivity contribution in [2.75, 3.05) is 11.5 Å². The lowest BCUT2D eigenvalue weighted by Crippen LogP contribution is -2.07. The maximum Gasteiger partial charge on any atom is 0.192 e. The van der Waals surface area contributed by atoms with Crippen molar-refractivity contribution in [1.82, 2.24) is 0 Å². The van der Waals surface area contributed by atoms with Crippen molar-refractivity contribution < 1.29 is 8.42 Å². The van der Waals surface area contributed by atoms with Crippen LogP contribution in [0.5, 0.6) is 0 Å².